The van der Waals surface area contributed by atoms with Gasteiger partial charge in [-0.25, -0.2) is 0 Å². The largest absolute Gasteiger partial charge is 0.316 e. The highest BCUT2D eigenvalue weighted by atomic mass is 15.0. The van der Waals surface area contributed by atoms with Gasteiger partial charge in [0.05, 0.1) is 11.0 Å². The van der Waals surface area contributed by atoms with Crippen LogP contribution < -0.4 is 0 Å². The van der Waals surface area contributed by atoms with Crippen molar-refractivity contribution < 1.29 is 0 Å². The maximum Gasteiger partial charge on any atom is 0.0531 e. The summed E-state index contributed by atoms with van der Waals surface area (Å²) in [6.45, 7) is 8.91. The Morgan fingerprint density at radius 1 is 0.490 bits per heavy atom. The summed E-state index contributed by atoms with van der Waals surface area (Å²) in [5.41, 5.74) is 12.0. The zero-order chi connectivity index (χ0) is 33.8. The van der Waals surface area contributed by atoms with Gasteiger partial charge >= 0.3 is 0 Å². The number of aryl methyl sites for hydroxylation is 2. The number of nitrogens with zero attached hydrogens (tertiary/aromatic N) is 2. The Kier molecular flexibility index (Phi) is 8.87. The Bertz CT molecular complexity index is 2240. The van der Waals surface area contributed by atoms with Gasteiger partial charge in [0.1, 0.15) is 0 Å². The molecule has 0 saturated carbocycles. The van der Waals surface area contributed by atoms with Crippen molar-refractivity contribution >= 4 is 27.4 Å². The fraction of sp³-hybridized carbons (Fsp3) is 0.106. The first-order valence-electron chi connectivity index (χ1n) is 17.1. The predicted molar refractivity (Wildman–Crippen MR) is 209 cm³/mol. The number of allylic oxidation sites excluding steroid dienone is 2. The van der Waals surface area contributed by atoms with Gasteiger partial charge in [0.2, 0.25) is 0 Å². The van der Waals surface area contributed by atoms with Crippen molar-refractivity contribution in [2.45, 2.75) is 33.1 Å². The maximum atomic E-state index is 2.42. The molecule has 2 heterocycles. The molecule has 0 N–H and O–H groups in total. The van der Waals surface area contributed by atoms with Crippen LogP contribution in [0.1, 0.15) is 41.7 Å². The first-order chi connectivity index (χ1) is 24.0. The van der Waals surface area contributed by atoms with Crippen LogP contribution in [0.5, 0.6) is 0 Å². The monoisotopic (exact) mass is 634 g/mol. The molecule has 2 heteroatoms. The van der Waals surface area contributed by atoms with E-state index in [1.54, 1.807) is 0 Å². The fourth-order valence-corrected chi connectivity index (χ4v) is 7.32. The van der Waals surface area contributed by atoms with Crippen LogP contribution in [0.25, 0.3) is 38.8 Å². The maximum absolute atomic E-state index is 2.42. The molecule has 6 aromatic carbocycles. The number of rotatable bonds is 6. The summed E-state index contributed by atoms with van der Waals surface area (Å²) < 4.78 is 4.70. The summed E-state index contributed by atoms with van der Waals surface area (Å²) in [6.07, 6.45) is 7.07. The molecule has 0 saturated heterocycles. The number of para-hydroxylation sites is 4. The summed E-state index contributed by atoms with van der Waals surface area (Å²) in [5.74, 6) is 0. The number of benzene rings is 6. The molecule has 240 valence electrons. The summed E-state index contributed by atoms with van der Waals surface area (Å²) in [5, 5.41) is 2.52. The summed E-state index contributed by atoms with van der Waals surface area (Å²) in [6, 6.07) is 58.1. The normalized spacial score (nSPS) is 11.8. The van der Waals surface area contributed by atoms with Crippen LogP contribution in [0.15, 0.2) is 182 Å². The van der Waals surface area contributed by atoms with Crippen molar-refractivity contribution in [2.24, 2.45) is 0 Å². The third-order valence-electron chi connectivity index (χ3n) is 9.77. The zero-order valence-electron chi connectivity index (χ0n) is 28.7. The van der Waals surface area contributed by atoms with E-state index in [1.165, 1.54) is 55.2 Å². The minimum Gasteiger partial charge on any atom is -0.316 e. The second-order valence-corrected chi connectivity index (χ2v) is 12.8. The van der Waals surface area contributed by atoms with Gasteiger partial charge in [0, 0.05) is 40.0 Å². The average Bonchev–Trinajstić information content (AvgIpc) is 3.75. The second kappa shape index (κ2) is 13.7. The Balaban J connectivity index is 0.000000483. The van der Waals surface area contributed by atoms with Crippen molar-refractivity contribution in [1.29, 1.82) is 0 Å². The molecule has 49 heavy (non-hydrogen) atoms. The van der Waals surface area contributed by atoms with Crippen LogP contribution in [0, 0.1) is 13.8 Å². The van der Waals surface area contributed by atoms with Gasteiger partial charge in [0.15, 0.2) is 0 Å². The van der Waals surface area contributed by atoms with E-state index in [9.17, 15) is 0 Å². The molecule has 8 aromatic rings. The lowest BCUT2D eigenvalue weighted by atomic mass is 9.67. The van der Waals surface area contributed by atoms with E-state index < -0.39 is 5.41 Å². The number of fused-ring (bicyclic) bond motifs is 2. The molecule has 0 aliphatic heterocycles. The van der Waals surface area contributed by atoms with Gasteiger partial charge < -0.3 is 9.13 Å². The standard InChI is InChI=1S/C40H34N2.C7H8/c1-4-35(32-22-12-11-17-29(32)2)40(3,36-27-41(30-18-7-5-8-19-30)38-25-15-13-23-33(36)38)37-28-42(31-20-9-6-10-21-31)39-26-16-14-24-34(37)39;1-7-5-3-2-4-6-7/h4-28H,1-3H3;2-6H,1H3/b35-4+;. The molecule has 0 fully saturated rings. The molecule has 0 radical (unpaired) electrons. The molecule has 0 aliphatic carbocycles. The molecule has 8 rings (SSSR count). The Labute approximate surface area is 290 Å². The quantitative estimate of drug-likeness (QED) is 0.172. The van der Waals surface area contributed by atoms with Crippen molar-refractivity contribution in [3.63, 3.8) is 0 Å². The van der Waals surface area contributed by atoms with E-state index in [4.69, 9.17) is 0 Å². The van der Waals surface area contributed by atoms with E-state index >= 15 is 0 Å². The van der Waals surface area contributed by atoms with Gasteiger partial charge in [-0.05, 0) is 91.9 Å². The fourth-order valence-electron chi connectivity index (χ4n) is 7.32. The van der Waals surface area contributed by atoms with Crippen LogP contribution in [0.2, 0.25) is 0 Å². The van der Waals surface area contributed by atoms with E-state index in [2.05, 4.69) is 201 Å². The van der Waals surface area contributed by atoms with E-state index in [-0.39, 0.29) is 0 Å². The lowest BCUT2D eigenvalue weighted by molar-refractivity contribution is 0.753. The molecule has 0 spiro atoms. The molecule has 0 bridgehead atoms. The van der Waals surface area contributed by atoms with Crippen molar-refractivity contribution in [3.05, 3.63) is 210 Å². The molecule has 0 aliphatic rings. The SMILES string of the molecule is C/C=C(\c1ccccc1C)C(C)(c1cn(-c2ccccc2)c2ccccc12)c1cn(-c2ccccc2)c2ccccc12.Cc1ccccc1. The smallest absolute Gasteiger partial charge is 0.0531 e. The number of aromatic nitrogens is 2. The van der Waals surface area contributed by atoms with Crippen molar-refractivity contribution in [2.75, 3.05) is 0 Å². The Hall–Kier alpha value is -5.86. The second-order valence-electron chi connectivity index (χ2n) is 12.8. The molecule has 2 nitrogen and oxygen atoms in total. The van der Waals surface area contributed by atoms with Gasteiger partial charge in [-0.15, -0.1) is 0 Å². The Morgan fingerprint density at radius 2 is 0.898 bits per heavy atom. The van der Waals surface area contributed by atoms with Crippen LogP contribution in [-0.2, 0) is 5.41 Å². The zero-order valence-corrected chi connectivity index (χ0v) is 28.7. The van der Waals surface area contributed by atoms with E-state index in [1.807, 2.05) is 18.2 Å². The number of hydrogen-bond donors (Lipinski definition) is 0. The van der Waals surface area contributed by atoms with Gasteiger partial charge in [0.25, 0.3) is 0 Å². The molecular weight excluding hydrogens is 593 g/mol. The molecule has 2 aromatic heterocycles. The molecule has 0 atom stereocenters. The lowest BCUT2D eigenvalue weighted by Gasteiger charge is -2.34. The first kappa shape index (κ1) is 31.7. The summed E-state index contributed by atoms with van der Waals surface area (Å²) in [7, 11) is 0. The summed E-state index contributed by atoms with van der Waals surface area (Å²) >= 11 is 0. The van der Waals surface area contributed by atoms with Crippen LogP contribution in [-0.4, -0.2) is 9.13 Å². The third kappa shape index (κ3) is 5.91. The minimum atomic E-state index is -0.472. The molecule has 0 unspecified atom stereocenters. The van der Waals surface area contributed by atoms with E-state index in [0.717, 1.165) is 11.4 Å². The molecule has 0 amide bonds. The number of hydrogen-bond acceptors (Lipinski definition) is 0. The van der Waals surface area contributed by atoms with Gasteiger partial charge in [-0.3, -0.25) is 0 Å². The molecular formula is C47H42N2. The Morgan fingerprint density at radius 3 is 1.33 bits per heavy atom. The third-order valence-corrected chi connectivity index (χ3v) is 9.77. The van der Waals surface area contributed by atoms with Crippen LogP contribution in [0.3, 0.4) is 0 Å². The highest BCUT2D eigenvalue weighted by molar-refractivity contribution is 5.97. The van der Waals surface area contributed by atoms with Crippen molar-refractivity contribution in [3.8, 4) is 11.4 Å². The topological polar surface area (TPSA) is 9.86 Å². The van der Waals surface area contributed by atoms with Crippen molar-refractivity contribution in [1.82, 2.24) is 9.13 Å². The highest BCUT2D eigenvalue weighted by Crippen LogP contribution is 2.50. The van der Waals surface area contributed by atoms with Gasteiger partial charge in [-0.2, -0.15) is 0 Å². The average molecular weight is 635 g/mol. The predicted octanol–water partition coefficient (Wildman–Crippen LogP) is 12.3. The summed E-state index contributed by atoms with van der Waals surface area (Å²) in [4.78, 5) is 0. The van der Waals surface area contributed by atoms with Crippen LogP contribution in [0.4, 0.5) is 0 Å². The lowest BCUT2D eigenvalue weighted by Crippen LogP contribution is -2.26. The van der Waals surface area contributed by atoms with E-state index in [0.29, 0.717) is 0 Å². The van der Waals surface area contributed by atoms with Crippen LogP contribution >= 0.6 is 0 Å². The minimum absolute atomic E-state index is 0.472. The highest BCUT2D eigenvalue weighted by Gasteiger charge is 2.39. The first-order valence-corrected chi connectivity index (χ1v) is 17.1. The van der Waals surface area contributed by atoms with Gasteiger partial charge in [-0.1, -0.05) is 139 Å².